The molecule has 5 nitrogen and oxygen atoms in total. The van der Waals surface area contributed by atoms with Crippen LogP contribution in [-0.2, 0) is 16.1 Å². The van der Waals surface area contributed by atoms with Crippen molar-refractivity contribution in [3.05, 3.63) is 35.9 Å². The first-order valence-electron chi connectivity index (χ1n) is 10.4. The Balaban J connectivity index is 1.36. The fraction of sp³-hybridized carbons (Fsp3) is 0.682. The summed E-state index contributed by atoms with van der Waals surface area (Å²) in [5.74, 6) is 1.63. The van der Waals surface area contributed by atoms with Crippen LogP contribution in [0.3, 0.4) is 0 Å². The second-order valence-corrected chi connectivity index (χ2v) is 7.95. The Kier molecular flexibility index (Phi) is 7.53. The van der Waals surface area contributed by atoms with Crippen molar-refractivity contribution in [2.45, 2.75) is 39.2 Å². The van der Waals surface area contributed by atoms with E-state index in [1.807, 2.05) is 13.1 Å². The van der Waals surface area contributed by atoms with Crippen LogP contribution in [0.4, 0.5) is 0 Å². The average Bonchev–Trinajstić information content (AvgIpc) is 3.31. The molecule has 5 heteroatoms. The average molecular weight is 374 g/mol. The molecule has 150 valence electrons. The van der Waals surface area contributed by atoms with Crippen molar-refractivity contribution < 1.29 is 9.47 Å². The minimum absolute atomic E-state index is 0.434. The molecule has 1 unspecified atom stereocenters. The highest BCUT2D eigenvalue weighted by molar-refractivity contribution is 5.80. The Labute approximate surface area is 164 Å². The zero-order chi connectivity index (χ0) is 19.0. The van der Waals surface area contributed by atoms with E-state index in [4.69, 9.17) is 9.47 Å². The van der Waals surface area contributed by atoms with Crippen molar-refractivity contribution in [2.75, 3.05) is 46.5 Å². The van der Waals surface area contributed by atoms with Crippen molar-refractivity contribution in [3.8, 4) is 0 Å². The van der Waals surface area contributed by atoms with Gasteiger partial charge in [-0.25, -0.2) is 0 Å². The topological polar surface area (TPSA) is 46.1 Å². The normalized spacial score (nSPS) is 21.5. The molecule has 1 aliphatic carbocycles. The number of ether oxygens (including phenoxy) is 2. The molecule has 0 aromatic heterocycles. The van der Waals surface area contributed by atoms with Gasteiger partial charge in [-0.15, -0.1) is 0 Å². The molecule has 0 amide bonds. The third-order valence-electron chi connectivity index (χ3n) is 5.82. The standard InChI is InChI=1S/C22H35N3O2/c1-3-26-14-12-22(10-11-22)18-24-21(23-2)25-13-9-20(15-25)17-27-16-19-7-5-4-6-8-19/h4-8,20H,3,9-18H2,1-2H3,(H,23,24). The third kappa shape index (κ3) is 6.22. The van der Waals surface area contributed by atoms with Gasteiger partial charge >= 0.3 is 0 Å². The predicted molar refractivity (Wildman–Crippen MR) is 110 cm³/mol. The first kappa shape index (κ1) is 20.2. The van der Waals surface area contributed by atoms with E-state index in [1.165, 1.54) is 24.8 Å². The van der Waals surface area contributed by atoms with Crippen molar-refractivity contribution in [2.24, 2.45) is 16.3 Å². The van der Waals surface area contributed by atoms with Crippen LogP contribution in [0, 0.1) is 11.3 Å². The minimum atomic E-state index is 0.434. The number of guanidine groups is 1. The molecule has 1 saturated heterocycles. The lowest BCUT2D eigenvalue weighted by Crippen LogP contribution is -2.42. The van der Waals surface area contributed by atoms with Gasteiger partial charge in [-0.05, 0) is 43.6 Å². The summed E-state index contributed by atoms with van der Waals surface area (Å²) in [6.45, 7) is 8.37. The lowest BCUT2D eigenvalue weighted by atomic mass is 10.0. The van der Waals surface area contributed by atoms with Gasteiger partial charge in [0.15, 0.2) is 5.96 Å². The van der Waals surface area contributed by atoms with Crippen molar-refractivity contribution >= 4 is 5.96 Å². The molecule has 1 heterocycles. The number of hydrogen-bond donors (Lipinski definition) is 1. The number of likely N-dealkylation sites (tertiary alicyclic amines) is 1. The molecule has 1 aromatic carbocycles. The fourth-order valence-corrected chi connectivity index (χ4v) is 3.80. The highest BCUT2D eigenvalue weighted by Crippen LogP contribution is 2.48. The molecule has 2 fully saturated rings. The summed E-state index contributed by atoms with van der Waals surface area (Å²) < 4.78 is 11.5. The number of aliphatic imine (C=N–C) groups is 1. The molecule has 0 spiro atoms. The zero-order valence-corrected chi connectivity index (χ0v) is 17.0. The number of hydrogen-bond acceptors (Lipinski definition) is 3. The molecule has 27 heavy (non-hydrogen) atoms. The molecular formula is C22H35N3O2. The second kappa shape index (κ2) is 10.1. The van der Waals surface area contributed by atoms with Crippen molar-refractivity contribution in [3.63, 3.8) is 0 Å². The number of nitrogens with zero attached hydrogens (tertiary/aromatic N) is 2. The van der Waals surface area contributed by atoms with Gasteiger partial charge in [0, 0.05) is 45.8 Å². The molecule has 1 N–H and O–H groups in total. The van der Waals surface area contributed by atoms with Crippen LogP contribution in [0.15, 0.2) is 35.3 Å². The zero-order valence-electron chi connectivity index (χ0n) is 17.0. The van der Waals surface area contributed by atoms with Gasteiger partial charge in [-0.1, -0.05) is 30.3 Å². The van der Waals surface area contributed by atoms with E-state index in [9.17, 15) is 0 Å². The Morgan fingerprint density at radius 2 is 2.07 bits per heavy atom. The smallest absolute Gasteiger partial charge is 0.193 e. The lowest BCUT2D eigenvalue weighted by molar-refractivity contribution is 0.0906. The van der Waals surface area contributed by atoms with E-state index < -0.39 is 0 Å². The number of nitrogens with one attached hydrogen (secondary N) is 1. The van der Waals surface area contributed by atoms with Crippen LogP contribution < -0.4 is 5.32 Å². The molecule has 3 rings (SSSR count). The molecule has 0 radical (unpaired) electrons. The SMILES string of the molecule is CCOCCC1(CNC(=NC)N2CCC(COCc3ccccc3)C2)CC1. The van der Waals surface area contributed by atoms with Crippen LogP contribution in [-0.4, -0.2) is 57.4 Å². The summed E-state index contributed by atoms with van der Waals surface area (Å²) >= 11 is 0. The van der Waals surface area contributed by atoms with Gasteiger partial charge in [0.2, 0.25) is 0 Å². The van der Waals surface area contributed by atoms with Gasteiger partial charge < -0.3 is 19.7 Å². The van der Waals surface area contributed by atoms with Crippen molar-refractivity contribution in [1.29, 1.82) is 0 Å². The maximum Gasteiger partial charge on any atom is 0.193 e. The first-order chi connectivity index (χ1) is 13.2. The Morgan fingerprint density at radius 3 is 2.78 bits per heavy atom. The lowest BCUT2D eigenvalue weighted by Gasteiger charge is -2.24. The largest absolute Gasteiger partial charge is 0.382 e. The van der Waals surface area contributed by atoms with E-state index in [-0.39, 0.29) is 0 Å². The van der Waals surface area contributed by atoms with E-state index in [2.05, 4.69) is 46.4 Å². The Bertz CT molecular complexity index is 586. The van der Waals surface area contributed by atoms with Gasteiger partial charge in [0.05, 0.1) is 13.2 Å². The van der Waals surface area contributed by atoms with E-state index in [1.54, 1.807) is 0 Å². The summed E-state index contributed by atoms with van der Waals surface area (Å²) in [7, 11) is 1.89. The molecule has 1 saturated carbocycles. The maximum atomic E-state index is 5.94. The summed E-state index contributed by atoms with van der Waals surface area (Å²) in [6.07, 6.45) is 4.94. The van der Waals surface area contributed by atoms with Gasteiger partial charge in [-0.2, -0.15) is 0 Å². The highest BCUT2D eigenvalue weighted by atomic mass is 16.5. The van der Waals surface area contributed by atoms with Gasteiger partial charge in [0.25, 0.3) is 0 Å². The Hall–Kier alpha value is -1.59. The second-order valence-electron chi connectivity index (χ2n) is 7.95. The Morgan fingerprint density at radius 1 is 1.26 bits per heavy atom. The molecule has 2 aliphatic rings. The molecule has 1 aliphatic heterocycles. The maximum absolute atomic E-state index is 5.94. The number of benzene rings is 1. The highest BCUT2D eigenvalue weighted by Gasteiger charge is 2.42. The number of rotatable bonds is 10. The summed E-state index contributed by atoms with van der Waals surface area (Å²) in [5.41, 5.74) is 1.68. The van der Waals surface area contributed by atoms with Crippen LogP contribution in [0.1, 0.15) is 38.2 Å². The minimum Gasteiger partial charge on any atom is -0.382 e. The summed E-state index contributed by atoms with van der Waals surface area (Å²) in [5, 5.41) is 3.62. The molecule has 1 aromatic rings. The van der Waals surface area contributed by atoms with E-state index >= 15 is 0 Å². The quantitative estimate of drug-likeness (QED) is 0.388. The molecular weight excluding hydrogens is 338 g/mol. The fourth-order valence-electron chi connectivity index (χ4n) is 3.80. The first-order valence-corrected chi connectivity index (χ1v) is 10.4. The monoisotopic (exact) mass is 373 g/mol. The molecule has 1 atom stereocenters. The van der Waals surface area contributed by atoms with E-state index in [0.717, 1.165) is 51.8 Å². The predicted octanol–water partition coefficient (Wildman–Crippen LogP) is 3.31. The van der Waals surface area contributed by atoms with E-state index in [0.29, 0.717) is 17.9 Å². The summed E-state index contributed by atoms with van der Waals surface area (Å²) in [6, 6.07) is 10.4. The van der Waals surface area contributed by atoms with Crippen LogP contribution in [0.5, 0.6) is 0 Å². The third-order valence-corrected chi connectivity index (χ3v) is 5.82. The van der Waals surface area contributed by atoms with Crippen molar-refractivity contribution in [1.82, 2.24) is 10.2 Å². The van der Waals surface area contributed by atoms with Crippen LogP contribution in [0.25, 0.3) is 0 Å². The molecule has 0 bridgehead atoms. The van der Waals surface area contributed by atoms with Crippen LogP contribution >= 0.6 is 0 Å². The summed E-state index contributed by atoms with van der Waals surface area (Å²) in [4.78, 5) is 6.90. The van der Waals surface area contributed by atoms with Gasteiger partial charge in [-0.3, -0.25) is 4.99 Å². The van der Waals surface area contributed by atoms with Crippen LogP contribution in [0.2, 0.25) is 0 Å². The van der Waals surface area contributed by atoms with Gasteiger partial charge in [0.1, 0.15) is 0 Å².